The number of nitrogens with one attached hydrogen (secondary N) is 3. The van der Waals surface area contributed by atoms with E-state index in [4.69, 9.17) is 47.6 Å². The summed E-state index contributed by atoms with van der Waals surface area (Å²) in [4.78, 5) is 111. The minimum atomic E-state index is -1.34. The molecule has 2 fully saturated rings. The van der Waals surface area contributed by atoms with Gasteiger partial charge in [0.25, 0.3) is 5.91 Å². The standard InChI is InChI=1S/C57H64Cl2N10O14.CH4O/c1-57(2)34-82-20-18-68(57)55(78)53-45-33-83-47-29-46(81-3)43(28-44(47)54(45)69(63-53)42-25-37(58)24-38(59)26-42)35-5-4-6-39(21-35)60-48(71)7-8-49(72)61-40-22-36(56(79)80)23-41(27-40)62-50(73)30-65-11-9-64(17-19-70)10-12-66(31-51(74)75)15-16-67(14-13-65)32-52(76)77;1-2/h4-6,19,21-29H,7-18,20,30-34H2,1-3H3,(H,60,71)(H,61,72)(H,62,73)(H,74,75)(H,76,77)(H,79,80);2H,1H3. The number of aliphatic carboxylic acids is 2. The first kappa shape index (κ1) is 64.5. The Balaban J connectivity index is 0.00000512. The monoisotopic (exact) mass is 1210 g/mol. The maximum absolute atomic E-state index is 14.4. The van der Waals surface area contributed by atoms with Gasteiger partial charge in [-0.15, -0.1) is 0 Å². The minimum absolute atomic E-state index is 0.0195. The van der Waals surface area contributed by atoms with Crippen LogP contribution in [0.15, 0.2) is 72.8 Å². The Kier molecular flexibility index (Phi) is 22.5. The molecular weight excluding hydrogens is 1150 g/mol. The summed E-state index contributed by atoms with van der Waals surface area (Å²) in [6.07, 6.45) is 0.151. The molecule has 0 bridgehead atoms. The maximum atomic E-state index is 14.4. The Labute approximate surface area is 499 Å². The number of carbonyl (C=O) groups is 8. The van der Waals surface area contributed by atoms with Gasteiger partial charge in [0.15, 0.2) is 5.69 Å². The van der Waals surface area contributed by atoms with E-state index in [1.54, 1.807) is 66.7 Å². The van der Waals surface area contributed by atoms with Gasteiger partial charge in [-0.2, -0.15) is 5.10 Å². The molecule has 0 aliphatic carbocycles. The fourth-order valence-corrected chi connectivity index (χ4v) is 10.6. The molecule has 0 radical (unpaired) electrons. The quantitative estimate of drug-likeness (QED) is 0.0543. The van der Waals surface area contributed by atoms with Crippen molar-refractivity contribution in [2.45, 2.75) is 38.8 Å². The Morgan fingerprint density at radius 1 is 0.682 bits per heavy atom. The van der Waals surface area contributed by atoms with Crippen LogP contribution in [0.4, 0.5) is 17.1 Å². The van der Waals surface area contributed by atoms with Gasteiger partial charge in [0.2, 0.25) is 17.7 Å². The van der Waals surface area contributed by atoms with Gasteiger partial charge in [0, 0.05) is 129 Å². The number of carboxylic acid groups (broad SMARTS) is 3. The highest BCUT2D eigenvalue weighted by Gasteiger charge is 2.39. The second-order valence-corrected chi connectivity index (χ2v) is 21.7. The van der Waals surface area contributed by atoms with Crippen LogP contribution in [0.5, 0.6) is 11.5 Å². The van der Waals surface area contributed by atoms with Crippen molar-refractivity contribution >= 4 is 88.1 Å². The Morgan fingerprint density at radius 2 is 1.25 bits per heavy atom. The number of methoxy groups -OCH3 is 1. The maximum Gasteiger partial charge on any atom is 0.335 e. The number of ether oxygens (including phenoxy) is 3. The number of aromatic nitrogens is 2. The number of benzene rings is 4. The van der Waals surface area contributed by atoms with Crippen LogP contribution in [-0.4, -0.2) is 221 Å². The number of aromatic carboxylic acids is 1. The van der Waals surface area contributed by atoms with Gasteiger partial charge in [-0.1, -0.05) is 35.3 Å². The van der Waals surface area contributed by atoms with Crippen LogP contribution in [-0.2, 0) is 40.1 Å². The molecule has 3 aliphatic heterocycles. The van der Waals surface area contributed by atoms with Crippen LogP contribution in [0, 0.1) is 0 Å². The molecule has 5 aromatic rings. The van der Waals surface area contributed by atoms with E-state index in [2.05, 4.69) is 16.0 Å². The number of halogens is 2. The third kappa shape index (κ3) is 17.3. The summed E-state index contributed by atoms with van der Waals surface area (Å²) in [6, 6.07) is 19.4. The van der Waals surface area contributed by atoms with Crippen LogP contribution in [0.3, 0.4) is 0 Å². The summed E-state index contributed by atoms with van der Waals surface area (Å²) in [6.45, 7) is 6.40. The number of carboxylic acids is 3. The Morgan fingerprint density at radius 3 is 1.80 bits per heavy atom. The molecule has 8 rings (SSSR count). The topological polar surface area (TPSA) is 315 Å². The second kappa shape index (κ2) is 29.7. The molecule has 7 N–H and O–H groups in total. The molecule has 4 amide bonds. The second-order valence-electron chi connectivity index (χ2n) is 20.8. The Hall–Kier alpha value is -8.01. The van der Waals surface area contributed by atoms with E-state index < -0.39 is 41.2 Å². The van der Waals surface area contributed by atoms with Gasteiger partial charge in [0.1, 0.15) is 24.4 Å². The molecule has 454 valence electrons. The molecule has 3 aliphatic rings. The molecule has 0 spiro atoms. The highest BCUT2D eigenvalue weighted by atomic mass is 35.5. The first-order chi connectivity index (χ1) is 40.7. The van der Waals surface area contributed by atoms with Gasteiger partial charge in [-0.25, -0.2) is 9.48 Å². The third-order valence-corrected chi connectivity index (χ3v) is 14.7. The molecule has 1 aromatic heterocycles. The number of carbonyl (C=O) groups excluding carboxylic acids is 5. The lowest BCUT2D eigenvalue weighted by Crippen LogP contribution is -2.55. The fourth-order valence-electron chi connectivity index (χ4n) is 10.1. The van der Waals surface area contributed by atoms with Crippen LogP contribution in [0.25, 0.3) is 28.1 Å². The normalized spacial score (nSPS) is 15.9. The summed E-state index contributed by atoms with van der Waals surface area (Å²) in [5.41, 5.74) is 3.27. The van der Waals surface area contributed by atoms with E-state index in [-0.39, 0.29) is 107 Å². The number of morpholine rings is 1. The summed E-state index contributed by atoms with van der Waals surface area (Å²) in [5, 5.41) is 49.8. The average molecular weight is 1220 g/mol. The number of aldehydes is 1. The fraction of sp³-hybridized carbons (Fsp3) is 0.397. The van der Waals surface area contributed by atoms with Gasteiger partial charge < -0.3 is 60.3 Å². The number of amides is 4. The number of hydrogen-bond acceptors (Lipinski definition) is 17. The smallest absolute Gasteiger partial charge is 0.335 e. The molecule has 4 heterocycles. The number of aliphatic hydroxyl groups excluding tert-OH is 1. The van der Waals surface area contributed by atoms with Crippen molar-refractivity contribution < 1.29 is 73.0 Å². The lowest BCUT2D eigenvalue weighted by Gasteiger charge is -2.41. The van der Waals surface area contributed by atoms with Gasteiger partial charge in [-0.3, -0.25) is 48.4 Å². The molecule has 0 unspecified atom stereocenters. The number of aliphatic hydroxyl groups is 1. The molecule has 2 saturated heterocycles. The van der Waals surface area contributed by atoms with Crippen molar-refractivity contribution in [3.63, 3.8) is 0 Å². The number of anilines is 3. The van der Waals surface area contributed by atoms with Crippen LogP contribution >= 0.6 is 23.2 Å². The van der Waals surface area contributed by atoms with E-state index in [0.29, 0.717) is 100 Å². The van der Waals surface area contributed by atoms with E-state index in [1.807, 2.05) is 30.9 Å². The van der Waals surface area contributed by atoms with E-state index in [9.17, 15) is 53.7 Å². The highest BCUT2D eigenvalue weighted by Crippen LogP contribution is 2.47. The van der Waals surface area contributed by atoms with Crippen molar-refractivity contribution in [2.75, 3.05) is 128 Å². The third-order valence-electron chi connectivity index (χ3n) is 14.2. The zero-order valence-corrected chi connectivity index (χ0v) is 48.9. The highest BCUT2D eigenvalue weighted by molar-refractivity contribution is 6.35. The van der Waals surface area contributed by atoms with Crippen LogP contribution < -0.4 is 25.4 Å². The number of nitrogens with zero attached hydrogens (tertiary/aromatic N) is 7. The molecule has 0 atom stereocenters. The van der Waals surface area contributed by atoms with E-state index in [0.717, 1.165) is 13.4 Å². The summed E-state index contributed by atoms with van der Waals surface area (Å²) in [7, 11) is 2.52. The van der Waals surface area contributed by atoms with Crippen molar-refractivity contribution in [3.8, 4) is 39.6 Å². The van der Waals surface area contributed by atoms with Gasteiger partial charge in [-0.05, 0) is 74.0 Å². The summed E-state index contributed by atoms with van der Waals surface area (Å²) >= 11 is 13.0. The predicted molar refractivity (Wildman–Crippen MR) is 315 cm³/mol. The van der Waals surface area contributed by atoms with E-state index in [1.165, 1.54) is 25.3 Å². The Bertz CT molecular complexity index is 3280. The van der Waals surface area contributed by atoms with Crippen molar-refractivity contribution in [3.05, 3.63) is 99.7 Å². The van der Waals surface area contributed by atoms with Crippen molar-refractivity contribution in [1.82, 2.24) is 34.3 Å². The first-order valence-electron chi connectivity index (χ1n) is 27.1. The van der Waals surface area contributed by atoms with Crippen molar-refractivity contribution in [2.24, 2.45) is 0 Å². The first-order valence-corrected chi connectivity index (χ1v) is 27.9. The molecule has 25 nitrogen and oxygen atoms in total. The van der Waals surface area contributed by atoms with Gasteiger partial charge in [0.05, 0.1) is 69.0 Å². The van der Waals surface area contributed by atoms with Crippen LogP contribution in [0.2, 0.25) is 10.0 Å². The number of hydrogen-bond donors (Lipinski definition) is 7. The summed E-state index contributed by atoms with van der Waals surface area (Å²) in [5.74, 6) is -4.53. The SMILES string of the molecule is CO.COc1cc2c(cc1-c1cccc(NC(=O)CCC(=O)Nc3cc(NC(=O)CN4CCN(CC=O)CCN(CC(=O)O)CCN(CC(=O)O)CC4)cc(C(=O)O)c3)c1)-c1c(c(C(=O)N3CCOCC3(C)C)nn1-c1cc(Cl)cc(Cl)c1)CO2. The molecular formula is C58H68Cl2N10O15. The van der Waals surface area contributed by atoms with Crippen molar-refractivity contribution in [1.29, 1.82) is 0 Å². The minimum Gasteiger partial charge on any atom is -0.496 e. The lowest BCUT2D eigenvalue weighted by molar-refractivity contribution is -0.140. The van der Waals surface area contributed by atoms with E-state index >= 15 is 0 Å². The number of rotatable bonds is 19. The van der Waals surface area contributed by atoms with Crippen LogP contribution in [0.1, 0.15) is 53.1 Å². The number of fused-ring (bicyclic) bond motifs is 3. The molecule has 85 heavy (non-hydrogen) atoms. The largest absolute Gasteiger partial charge is 0.496 e. The zero-order valence-electron chi connectivity index (χ0n) is 47.4. The zero-order chi connectivity index (χ0) is 61.5. The summed E-state index contributed by atoms with van der Waals surface area (Å²) < 4.78 is 19.5. The molecule has 0 saturated carbocycles. The molecule has 4 aromatic carbocycles. The lowest BCUT2D eigenvalue weighted by atomic mass is 9.95. The molecule has 27 heteroatoms. The average Bonchev–Trinajstić information content (AvgIpc) is 2.05. The van der Waals surface area contributed by atoms with Gasteiger partial charge >= 0.3 is 17.9 Å². The predicted octanol–water partition coefficient (Wildman–Crippen LogP) is 4.86.